The Kier molecular flexibility index (Phi) is 1.85. The summed E-state index contributed by atoms with van der Waals surface area (Å²) in [6, 6.07) is 1.64. The number of hydrogen-bond acceptors (Lipinski definition) is 4. The number of rotatable bonds is 0. The van der Waals surface area contributed by atoms with Gasteiger partial charge in [-0.25, -0.2) is 0 Å². The molecule has 0 amide bonds. The number of hydrogen-bond donors (Lipinski definition) is 0. The molecule has 0 spiro atoms. The van der Waals surface area contributed by atoms with E-state index in [0.29, 0.717) is 0 Å². The van der Waals surface area contributed by atoms with Crippen molar-refractivity contribution in [3.8, 4) is 0 Å². The molecule has 0 aliphatic rings. The molecular weight excluding hydrogens is 107 g/mol. The molecular formula is C3H3BN2O2. The summed E-state index contributed by atoms with van der Waals surface area (Å²) >= 11 is 0. The Balaban J connectivity index is 3.00. The van der Waals surface area contributed by atoms with Crippen LogP contribution in [0.5, 0.6) is 0 Å². The molecule has 0 aliphatic carbocycles. The zero-order valence-electron chi connectivity index (χ0n) is 4.02. The van der Waals surface area contributed by atoms with Crippen molar-refractivity contribution in [2.75, 3.05) is 0 Å². The first-order chi connectivity index (χ1) is 4.00. The van der Waals surface area contributed by atoms with E-state index in [1.54, 1.807) is 12.0 Å². The first-order valence-electron chi connectivity index (χ1n) is 2.04. The van der Waals surface area contributed by atoms with E-state index < -0.39 is 0 Å². The molecule has 8 heavy (non-hydrogen) atoms. The van der Waals surface area contributed by atoms with Crippen LogP contribution in [-0.4, -0.2) is 17.3 Å². The van der Waals surface area contributed by atoms with E-state index in [4.69, 9.17) is 0 Å². The monoisotopic (exact) mass is 110 g/mol. The van der Waals surface area contributed by atoms with Gasteiger partial charge < -0.3 is 0 Å². The zero-order chi connectivity index (χ0) is 5.66. The maximum atomic E-state index is 4.28. The van der Waals surface area contributed by atoms with Crippen molar-refractivity contribution in [1.82, 2.24) is 10.3 Å². The molecule has 0 radical (unpaired) electrons. The van der Waals surface area contributed by atoms with Gasteiger partial charge in [-0.15, -0.1) is 0 Å². The van der Waals surface area contributed by atoms with E-state index in [0.717, 1.165) is 0 Å². The van der Waals surface area contributed by atoms with Crippen molar-refractivity contribution in [2.45, 2.75) is 0 Å². The molecule has 1 heterocycles. The minimum absolute atomic E-state index is 1.36. The van der Waals surface area contributed by atoms with Crippen LogP contribution in [0, 0.1) is 0 Å². The van der Waals surface area contributed by atoms with Crippen molar-refractivity contribution in [3.63, 3.8) is 0 Å². The normalized spacial score (nSPS) is 7.50. The summed E-state index contributed by atoms with van der Waals surface area (Å²) < 4.78 is 8.38. The predicted molar refractivity (Wildman–Crippen MR) is 25.5 cm³/mol. The Morgan fingerprint density at radius 1 is 1.50 bits per heavy atom. The summed E-state index contributed by atoms with van der Waals surface area (Å²) in [6.45, 7) is 0. The van der Waals surface area contributed by atoms with E-state index in [-0.39, 0.29) is 0 Å². The van der Waals surface area contributed by atoms with E-state index in [9.17, 15) is 0 Å². The Morgan fingerprint density at radius 3 is 3.50 bits per heavy atom. The predicted octanol–water partition coefficient (Wildman–Crippen LogP) is 0.125. The molecule has 1 rings (SSSR count). The first kappa shape index (κ1) is 5.02. The van der Waals surface area contributed by atoms with Gasteiger partial charge in [0.2, 0.25) is 0 Å². The van der Waals surface area contributed by atoms with Gasteiger partial charge in [-0.3, -0.25) is 0 Å². The molecule has 0 aromatic carbocycles. The summed E-state index contributed by atoms with van der Waals surface area (Å²) in [7, 11) is 1.49. The third kappa shape index (κ3) is 1.55. The van der Waals surface area contributed by atoms with Gasteiger partial charge in [0.1, 0.15) is 0 Å². The summed E-state index contributed by atoms with van der Waals surface area (Å²) in [5.74, 6) is 1.67. The molecule has 1 aromatic rings. The van der Waals surface area contributed by atoms with Crippen LogP contribution >= 0.6 is 0 Å². The van der Waals surface area contributed by atoms with Crippen LogP contribution in [0.3, 0.4) is 0 Å². The fourth-order valence-corrected chi connectivity index (χ4v) is 0.256. The average Bonchev–Trinajstić information content (AvgIpc) is 1.62. The molecule has 0 aliphatic heterocycles. The van der Waals surface area contributed by atoms with Crippen LogP contribution in [0.1, 0.15) is 0 Å². The van der Waals surface area contributed by atoms with Crippen LogP contribution in [-0.2, 0) is 0 Å². The van der Waals surface area contributed by atoms with Gasteiger partial charge in [0.15, 0.2) is 0 Å². The Bertz CT molecular complexity index is 120. The Morgan fingerprint density at radius 2 is 2.50 bits per heavy atom. The fourth-order valence-electron chi connectivity index (χ4n) is 0.256. The molecule has 0 saturated heterocycles. The van der Waals surface area contributed by atoms with Crippen LogP contribution in [0.15, 0.2) is 27.5 Å². The summed E-state index contributed by atoms with van der Waals surface area (Å²) in [4.78, 5) is 0. The second-order valence-corrected chi connectivity index (χ2v) is 1.04. The van der Waals surface area contributed by atoms with Crippen molar-refractivity contribution in [1.29, 1.82) is 0 Å². The van der Waals surface area contributed by atoms with Gasteiger partial charge in [-0.2, -0.15) is 0 Å². The molecule has 0 saturated carbocycles. The quantitative estimate of drug-likeness (QED) is 0.445. The van der Waals surface area contributed by atoms with Gasteiger partial charge in [-0.1, -0.05) is 0 Å². The molecule has 0 fully saturated rings. The van der Waals surface area contributed by atoms with Crippen molar-refractivity contribution < 1.29 is 9.26 Å². The van der Waals surface area contributed by atoms with Crippen molar-refractivity contribution in [3.05, 3.63) is 18.3 Å². The van der Waals surface area contributed by atoms with Gasteiger partial charge in [-0.05, 0) is 0 Å². The summed E-state index contributed by atoms with van der Waals surface area (Å²) in [5, 5.41) is 6.47. The fraction of sp³-hybridized carbons (Fsp3) is 0. The second kappa shape index (κ2) is 2.95. The molecule has 1 aromatic heterocycles. The molecule has 5 heteroatoms. The van der Waals surface area contributed by atoms with Crippen LogP contribution in [0.2, 0.25) is 0 Å². The number of aromatic nitrogens is 2. The number of nitrogens with zero attached hydrogens (tertiary/aromatic N) is 2. The Labute approximate surface area is 46.0 Å². The van der Waals surface area contributed by atoms with E-state index in [2.05, 4.69) is 19.5 Å². The molecule has 0 atom stereocenters. The second-order valence-electron chi connectivity index (χ2n) is 1.04. The third-order valence-electron chi connectivity index (χ3n) is 0.521. The summed E-state index contributed by atoms with van der Waals surface area (Å²) in [5.41, 5.74) is 0. The van der Waals surface area contributed by atoms with Crippen LogP contribution in [0.25, 0.3) is 0 Å². The van der Waals surface area contributed by atoms with Crippen molar-refractivity contribution in [2.24, 2.45) is 0 Å². The molecule has 0 N–H and O–H groups in total. The standard InChI is InChI=1S/C3H3BN2O2/c1-2-4-5-6-8-7-3-1/h1-3H. The molecule has 0 bridgehead atoms. The topological polar surface area (TPSA) is 52.1 Å². The zero-order valence-corrected chi connectivity index (χ0v) is 4.02. The molecule has 0 unspecified atom stereocenters. The van der Waals surface area contributed by atoms with Gasteiger partial charge in [0.25, 0.3) is 0 Å². The van der Waals surface area contributed by atoms with E-state index in [1.807, 2.05) is 0 Å². The molecule has 4 nitrogen and oxygen atoms in total. The van der Waals surface area contributed by atoms with Crippen molar-refractivity contribution >= 4 is 7.05 Å². The van der Waals surface area contributed by atoms with Gasteiger partial charge in [0, 0.05) is 0 Å². The van der Waals surface area contributed by atoms with Crippen LogP contribution < -0.4 is 0 Å². The Hall–Kier alpha value is -1.13. The SMILES string of the molecule is b1cccoonn1. The first-order valence-corrected chi connectivity index (χ1v) is 2.04. The van der Waals surface area contributed by atoms with E-state index >= 15 is 0 Å². The maximum absolute atomic E-state index is 4.28. The minimum atomic E-state index is 1.36. The van der Waals surface area contributed by atoms with E-state index in [1.165, 1.54) is 13.3 Å². The van der Waals surface area contributed by atoms with Gasteiger partial charge in [0.05, 0.1) is 0 Å². The average molecular weight is 110 g/mol. The van der Waals surface area contributed by atoms with Gasteiger partial charge >= 0.3 is 44.9 Å². The summed E-state index contributed by atoms with van der Waals surface area (Å²) in [6.07, 6.45) is 1.36. The third-order valence-corrected chi connectivity index (χ3v) is 0.521. The van der Waals surface area contributed by atoms with Crippen LogP contribution in [0.4, 0.5) is 0 Å². The molecule has 40 valence electrons.